The van der Waals surface area contributed by atoms with Gasteiger partial charge in [0.15, 0.2) is 0 Å². The highest BCUT2D eigenvalue weighted by Gasteiger charge is 2.32. The Balaban J connectivity index is 1.36. The third kappa shape index (κ3) is 7.85. The minimum absolute atomic E-state index is 0.0293. The normalized spacial score (nSPS) is 17.7. The van der Waals surface area contributed by atoms with Gasteiger partial charge in [-0.05, 0) is 73.1 Å². The van der Waals surface area contributed by atoms with Crippen LogP contribution in [0.3, 0.4) is 0 Å². The van der Waals surface area contributed by atoms with E-state index in [1.165, 1.54) is 4.31 Å². The van der Waals surface area contributed by atoms with E-state index in [1.54, 1.807) is 36.3 Å². The highest BCUT2D eigenvalue weighted by molar-refractivity contribution is 7.89. The van der Waals surface area contributed by atoms with Gasteiger partial charge in [0.2, 0.25) is 21.8 Å². The zero-order chi connectivity index (χ0) is 30.9. The predicted molar refractivity (Wildman–Crippen MR) is 167 cm³/mol. The van der Waals surface area contributed by atoms with Crippen LogP contribution in [0.2, 0.25) is 0 Å². The quantitative estimate of drug-likeness (QED) is 0.303. The van der Waals surface area contributed by atoms with Crippen LogP contribution in [0.25, 0.3) is 0 Å². The van der Waals surface area contributed by atoms with Gasteiger partial charge < -0.3 is 19.7 Å². The van der Waals surface area contributed by atoms with Crippen molar-refractivity contribution in [2.75, 3.05) is 33.4 Å². The van der Waals surface area contributed by atoms with E-state index in [2.05, 4.69) is 5.32 Å². The van der Waals surface area contributed by atoms with Crippen LogP contribution in [0.1, 0.15) is 54.8 Å². The van der Waals surface area contributed by atoms with Crippen LogP contribution in [-0.4, -0.2) is 68.9 Å². The predicted octanol–water partition coefficient (Wildman–Crippen LogP) is 4.48. The van der Waals surface area contributed by atoms with Gasteiger partial charge in [0.25, 0.3) is 0 Å². The van der Waals surface area contributed by atoms with Gasteiger partial charge in [-0.3, -0.25) is 9.59 Å². The van der Waals surface area contributed by atoms with Crippen LogP contribution in [0.4, 0.5) is 0 Å². The van der Waals surface area contributed by atoms with Crippen molar-refractivity contribution in [1.82, 2.24) is 14.5 Å². The first-order valence-corrected chi connectivity index (χ1v) is 16.7. The average Bonchev–Trinajstić information content (AvgIpc) is 3.79. The van der Waals surface area contributed by atoms with E-state index in [0.717, 1.165) is 42.4 Å². The molecule has 1 N–H and O–H groups in total. The Bertz CT molecular complexity index is 1480. The van der Waals surface area contributed by atoms with Crippen LogP contribution >= 0.6 is 0 Å². The number of benzene rings is 3. The first-order valence-electron chi connectivity index (χ1n) is 15.3. The number of carbonyl (C=O) groups is 2. The van der Waals surface area contributed by atoms with Gasteiger partial charge in [-0.15, -0.1) is 0 Å². The number of ether oxygens (including phenoxy) is 2. The van der Waals surface area contributed by atoms with Crippen molar-refractivity contribution in [2.45, 2.75) is 62.1 Å². The largest absolute Gasteiger partial charge is 0.497 e. The summed E-state index contributed by atoms with van der Waals surface area (Å²) < 4.78 is 38.4. The lowest BCUT2D eigenvalue weighted by Gasteiger charge is -2.32. The van der Waals surface area contributed by atoms with Crippen LogP contribution in [0.5, 0.6) is 5.75 Å². The van der Waals surface area contributed by atoms with Crippen molar-refractivity contribution >= 4 is 21.8 Å². The molecule has 2 amide bonds. The smallest absolute Gasteiger partial charge is 0.247 e. The molecule has 2 saturated heterocycles. The first-order chi connectivity index (χ1) is 21.3. The number of hydrogen-bond donors (Lipinski definition) is 1. The summed E-state index contributed by atoms with van der Waals surface area (Å²) in [4.78, 5) is 29.7. The monoisotopic (exact) mass is 619 g/mol. The summed E-state index contributed by atoms with van der Waals surface area (Å²) in [5.41, 5.74) is 2.43. The van der Waals surface area contributed by atoms with Crippen LogP contribution in [0, 0.1) is 0 Å². The molecule has 3 aromatic rings. The topological polar surface area (TPSA) is 105 Å². The molecule has 2 fully saturated rings. The molecule has 0 unspecified atom stereocenters. The van der Waals surface area contributed by atoms with E-state index in [1.807, 2.05) is 54.6 Å². The van der Waals surface area contributed by atoms with E-state index in [9.17, 15) is 18.0 Å². The summed E-state index contributed by atoms with van der Waals surface area (Å²) in [6.45, 7) is 2.40. The van der Waals surface area contributed by atoms with Crippen molar-refractivity contribution in [1.29, 1.82) is 0 Å². The minimum atomic E-state index is -3.51. The summed E-state index contributed by atoms with van der Waals surface area (Å²) in [6.07, 6.45) is 4.14. The van der Waals surface area contributed by atoms with Crippen molar-refractivity contribution < 1.29 is 27.5 Å². The summed E-state index contributed by atoms with van der Waals surface area (Å²) in [7, 11) is -1.91. The van der Waals surface area contributed by atoms with Crippen LogP contribution in [-0.2, 0) is 37.3 Å². The lowest BCUT2D eigenvalue weighted by molar-refractivity contribution is -0.141. The third-order valence-electron chi connectivity index (χ3n) is 8.29. The number of nitrogens with one attached hydrogen (secondary N) is 1. The molecule has 2 atom stereocenters. The van der Waals surface area contributed by atoms with Crippen molar-refractivity contribution in [3.63, 3.8) is 0 Å². The number of sulfonamides is 1. The Labute approximate surface area is 260 Å². The fourth-order valence-electron chi connectivity index (χ4n) is 5.78. The van der Waals surface area contributed by atoms with Crippen molar-refractivity contribution in [3.05, 3.63) is 95.6 Å². The average molecular weight is 620 g/mol. The maximum absolute atomic E-state index is 14.0. The third-order valence-corrected chi connectivity index (χ3v) is 10.2. The number of hydrogen-bond acceptors (Lipinski definition) is 6. The fraction of sp³-hybridized carbons (Fsp3) is 0.412. The second kappa shape index (κ2) is 14.8. The standard InChI is InChI=1S/C34H41N3O6S/c1-42-29-16-11-27(12-17-29)25-37(33(28-8-3-2-4-9-28)34(39)35-24-30-10-7-23-43-30)32(38)20-15-26-13-18-31(19-14-26)44(40,41)36-21-5-6-22-36/h2-4,8-9,11-14,16-19,30,33H,5-7,10,15,20-25H2,1H3,(H,35,39)/t30-,33+/m0/s1. The Morgan fingerprint density at radius 1 is 0.955 bits per heavy atom. The zero-order valence-corrected chi connectivity index (χ0v) is 26.0. The molecule has 0 saturated carbocycles. The number of rotatable bonds is 13. The fourth-order valence-corrected chi connectivity index (χ4v) is 7.29. The number of carbonyl (C=O) groups excluding carboxylic acids is 2. The van der Waals surface area contributed by atoms with E-state index in [4.69, 9.17) is 9.47 Å². The molecule has 10 heteroatoms. The van der Waals surface area contributed by atoms with E-state index in [-0.39, 0.29) is 35.8 Å². The molecule has 0 aromatic heterocycles. The summed E-state index contributed by atoms with van der Waals surface area (Å²) in [6, 6.07) is 22.7. The second-order valence-electron chi connectivity index (χ2n) is 11.3. The SMILES string of the molecule is COc1ccc(CN(C(=O)CCc2ccc(S(=O)(=O)N3CCCC3)cc2)[C@@H](C(=O)NC[C@@H]2CCCO2)c2ccccc2)cc1. The summed E-state index contributed by atoms with van der Waals surface area (Å²) in [5.74, 6) is 0.261. The van der Waals surface area contributed by atoms with E-state index in [0.29, 0.717) is 38.4 Å². The van der Waals surface area contributed by atoms with Gasteiger partial charge in [0.05, 0.1) is 18.1 Å². The first kappa shape index (κ1) is 31.7. The molecule has 44 heavy (non-hydrogen) atoms. The van der Waals surface area contributed by atoms with Gasteiger partial charge in [-0.25, -0.2) is 8.42 Å². The number of nitrogens with zero attached hydrogens (tertiary/aromatic N) is 2. The lowest BCUT2D eigenvalue weighted by atomic mass is 10.0. The molecular formula is C34H41N3O6S. The number of methoxy groups -OCH3 is 1. The molecule has 5 rings (SSSR count). The zero-order valence-electron chi connectivity index (χ0n) is 25.2. The Morgan fingerprint density at radius 2 is 1.64 bits per heavy atom. The van der Waals surface area contributed by atoms with Gasteiger partial charge in [0, 0.05) is 39.2 Å². The lowest BCUT2D eigenvalue weighted by Crippen LogP contribution is -2.45. The summed E-state index contributed by atoms with van der Waals surface area (Å²) in [5, 5.41) is 3.04. The van der Waals surface area contributed by atoms with Gasteiger partial charge in [0.1, 0.15) is 11.8 Å². The molecule has 9 nitrogen and oxygen atoms in total. The Morgan fingerprint density at radius 3 is 2.27 bits per heavy atom. The van der Waals surface area contributed by atoms with Crippen molar-refractivity contribution in [2.24, 2.45) is 0 Å². The molecule has 2 aliphatic heterocycles. The summed E-state index contributed by atoms with van der Waals surface area (Å²) >= 11 is 0. The van der Waals surface area contributed by atoms with E-state index < -0.39 is 16.1 Å². The molecule has 2 heterocycles. The maximum Gasteiger partial charge on any atom is 0.247 e. The Kier molecular flexibility index (Phi) is 10.7. The molecule has 2 aliphatic rings. The van der Waals surface area contributed by atoms with Crippen LogP contribution in [0.15, 0.2) is 83.8 Å². The van der Waals surface area contributed by atoms with Crippen molar-refractivity contribution in [3.8, 4) is 5.75 Å². The van der Waals surface area contributed by atoms with Gasteiger partial charge >= 0.3 is 0 Å². The van der Waals surface area contributed by atoms with Crippen LogP contribution < -0.4 is 10.1 Å². The van der Waals surface area contributed by atoms with E-state index >= 15 is 0 Å². The maximum atomic E-state index is 14.0. The molecule has 0 radical (unpaired) electrons. The molecule has 0 aliphatic carbocycles. The molecule has 3 aromatic carbocycles. The van der Waals surface area contributed by atoms with Gasteiger partial charge in [-0.2, -0.15) is 4.31 Å². The number of amides is 2. The Hall–Kier alpha value is -3.73. The molecule has 0 bridgehead atoms. The molecular weight excluding hydrogens is 578 g/mol. The molecule has 0 spiro atoms. The minimum Gasteiger partial charge on any atom is -0.497 e. The molecule has 234 valence electrons. The number of aryl methyl sites for hydroxylation is 1. The highest BCUT2D eigenvalue weighted by atomic mass is 32.2. The highest BCUT2D eigenvalue weighted by Crippen LogP contribution is 2.27. The second-order valence-corrected chi connectivity index (χ2v) is 13.3. The van der Waals surface area contributed by atoms with Gasteiger partial charge in [-0.1, -0.05) is 54.6 Å².